The number of nitrogens with zero attached hydrogens (tertiary/aromatic N) is 6. The molecule has 3 aromatic rings. The molecule has 2 N–H and O–H groups in total. The molecule has 0 aromatic carbocycles. The molecule has 10 nitrogen and oxygen atoms in total. The number of carbonyl (C=O) groups is 2. The molecule has 0 radical (unpaired) electrons. The first-order chi connectivity index (χ1) is 15.0. The van der Waals surface area contributed by atoms with E-state index in [1.54, 1.807) is 28.2 Å². The maximum absolute atomic E-state index is 13.1. The summed E-state index contributed by atoms with van der Waals surface area (Å²) in [6.45, 7) is 0.991. The lowest BCUT2D eigenvalue weighted by Gasteiger charge is -2.24. The molecule has 3 aromatic heterocycles. The Morgan fingerprint density at radius 1 is 1.32 bits per heavy atom. The van der Waals surface area contributed by atoms with Crippen LogP contribution in [0.3, 0.4) is 0 Å². The van der Waals surface area contributed by atoms with Crippen molar-refractivity contribution >= 4 is 23.0 Å². The minimum Gasteiger partial charge on any atom is -0.344 e. The lowest BCUT2D eigenvalue weighted by atomic mass is 10.1. The SMILES string of the molecule is Cn1cc(-c2cnc3[nH]cc(C(=O)N[C@@H](C(=O)N4CC[C@H](C#N)C4)C4CC4)c3n2)cn1. The number of rotatable bonds is 5. The van der Waals surface area contributed by atoms with Gasteiger partial charge < -0.3 is 15.2 Å². The summed E-state index contributed by atoms with van der Waals surface area (Å²) in [7, 11) is 1.82. The van der Waals surface area contributed by atoms with E-state index in [0.29, 0.717) is 41.9 Å². The molecule has 1 saturated carbocycles. The quantitative estimate of drug-likeness (QED) is 0.641. The van der Waals surface area contributed by atoms with Gasteiger partial charge in [-0.15, -0.1) is 0 Å². The number of fused-ring (bicyclic) bond motifs is 1. The second kappa shape index (κ2) is 7.50. The summed E-state index contributed by atoms with van der Waals surface area (Å²) in [5.41, 5.74) is 2.72. The molecule has 2 atom stereocenters. The second-order valence-corrected chi connectivity index (χ2v) is 8.25. The van der Waals surface area contributed by atoms with Crippen molar-refractivity contribution in [3.8, 4) is 17.3 Å². The van der Waals surface area contributed by atoms with Crippen LogP contribution in [0.5, 0.6) is 0 Å². The van der Waals surface area contributed by atoms with Crippen LogP contribution in [0.1, 0.15) is 29.6 Å². The zero-order valence-electron chi connectivity index (χ0n) is 17.1. The molecule has 4 heterocycles. The third-order valence-electron chi connectivity index (χ3n) is 5.95. The molecule has 0 spiro atoms. The van der Waals surface area contributed by atoms with Crippen molar-refractivity contribution in [1.82, 2.24) is 34.9 Å². The fourth-order valence-corrected chi connectivity index (χ4v) is 4.05. The Balaban J connectivity index is 1.39. The first kappa shape index (κ1) is 19.2. The van der Waals surface area contributed by atoms with Crippen molar-refractivity contribution in [3.05, 3.63) is 30.4 Å². The lowest BCUT2D eigenvalue weighted by Crippen LogP contribution is -2.49. The molecule has 1 saturated heterocycles. The molecule has 2 aliphatic rings. The number of nitriles is 1. The highest BCUT2D eigenvalue weighted by molar-refractivity contribution is 6.06. The van der Waals surface area contributed by atoms with Gasteiger partial charge in [0.15, 0.2) is 5.65 Å². The van der Waals surface area contributed by atoms with Crippen molar-refractivity contribution < 1.29 is 9.59 Å². The molecule has 2 fully saturated rings. The van der Waals surface area contributed by atoms with Gasteiger partial charge in [-0.25, -0.2) is 9.97 Å². The molecule has 1 aliphatic heterocycles. The maximum atomic E-state index is 13.1. The number of likely N-dealkylation sites (tertiary alicyclic amines) is 1. The Morgan fingerprint density at radius 2 is 2.16 bits per heavy atom. The molecule has 31 heavy (non-hydrogen) atoms. The highest BCUT2D eigenvalue weighted by atomic mass is 16.2. The summed E-state index contributed by atoms with van der Waals surface area (Å²) < 4.78 is 1.67. The highest BCUT2D eigenvalue weighted by Gasteiger charge is 2.41. The second-order valence-electron chi connectivity index (χ2n) is 8.25. The van der Waals surface area contributed by atoms with Crippen LogP contribution in [-0.2, 0) is 11.8 Å². The molecule has 2 amide bonds. The zero-order chi connectivity index (χ0) is 21.5. The number of aryl methyl sites for hydroxylation is 1. The van der Waals surface area contributed by atoms with Gasteiger partial charge >= 0.3 is 0 Å². The summed E-state index contributed by atoms with van der Waals surface area (Å²) >= 11 is 0. The van der Waals surface area contributed by atoms with E-state index in [0.717, 1.165) is 18.4 Å². The van der Waals surface area contributed by atoms with Crippen LogP contribution in [-0.4, -0.2) is 60.6 Å². The number of amides is 2. The van der Waals surface area contributed by atoms with Gasteiger partial charge in [-0.05, 0) is 25.2 Å². The van der Waals surface area contributed by atoms with Gasteiger partial charge in [0, 0.05) is 38.1 Å². The lowest BCUT2D eigenvalue weighted by molar-refractivity contribution is -0.132. The van der Waals surface area contributed by atoms with Gasteiger partial charge in [-0.3, -0.25) is 14.3 Å². The Labute approximate surface area is 178 Å². The van der Waals surface area contributed by atoms with Crippen LogP contribution in [0.2, 0.25) is 0 Å². The number of aromatic amines is 1. The molecular formula is C21H22N8O2. The zero-order valence-corrected chi connectivity index (χ0v) is 17.1. The van der Waals surface area contributed by atoms with Gasteiger partial charge in [-0.1, -0.05) is 0 Å². The Bertz CT molecular complexity index is 1200. The molecule has 10 heteroatoms. The number of nitrogens with one attached hydrogen (secondary N) is 2. The van der Waals surface area contributed by atoms with Crippen LogP contribution < -0.4 is 5.32 Å². The van der Waals surface area contributed by atoms with Gasteiger partial charge in [0.2, 0.25) is 5.91 Å². The predicted octanol–water partition coefficient (Wildman–Crippen LogP) is 1.24. The number of aromatic nitrogens is 5. The average molecular weight is 418 g/mol. The van der Waals surface area contributed by atoms with E-state index in [2.05, 4.69) is 31.4 Å². The average Bonchev–Trinajstić information content (AvgIpc) is 3.17. The van der Waals surface area contributed by atoms with Crippen LogP contribution >= 0.6 is 0 Å². The topological polar surface area (TPSA) is 133 Å². The van der Waals surface area contributed by atoms with Gasteiger partial charge in [0.05, 0.1) is 35.6 Å². The van der Waals surface area contributed by atoms with E-state index in [1.807, 2.05) is 13.2 Å². The molecule has 1 aliphatic carbocycles. The fraction of sp³-hybridized carbons (Fsp3) is 0.429. The standard InChI is InChI=1S/C21H22N8O2/c1-28-11-14(7-25-28)16-9-24-19-18(26-16)15(8-23-19)20(30)27-17(13-2-3-13)21(31)29-5-4-12(6-22)10-29/h7-9,11-13,17H,2-5,10H2,1H3,(H,23,24)(H,27,30)/t12-,17-/m1/s1. The minimum absolute atomic E-state index is 0.101. The third-order valence-corrected chi connectivity index (χ3v) is 5.95. The Kier molecular flexibility index (Phi) is 4.66. The first-order valence-electron chi connectivity index (χ1n) is 10.4. The van der Waals surface area contributed by atoms with Crippen molar-refractivity contribution in [2.75, 3.05) is 13.1 Å². The Hall–Kier alpha value is -3.74. The molecule has 5 rings (SSSR count). The van der Waals surface area contributed by atoms with Gasteiger partial charge in [-0.2, -0.15) is 10.4 Å². The van der Waals surface area contributed by atoms with Crippen molar-refractivity contribution in [3.63, 3.8) is 0 Å². The first-order valence-corrected chi connectivity index (χ1v) is 10.4. The normalized spacial score (nSPS) is 19.4. The minimum atomic E-state index is -0.579. The van der Waals surface area contributed by atoms with Crippen LogP contribution in [0.4, 0.5) is 0 Å². The molecular weight excluding hydrogens is 396 g/mol. The number of carbonyl (C=O) groups excluding carboxylic acids is 2. The summed E-state index contributed by atoms with van der Waals surface area (Å²) in [6.07, 6.45) is 9.22. The summed E-state index contributed by atoms with van der Waals surface area (Å²) in [5.74, 6) is -0.449. The summed E-state index contributed by atoms with van der Waals surface area (Å²) in [4.78, 5) is 39.8. The summed E-state index contributed by atoms with van der Waals surface area (Å²) in [6, 6.07) is 1.65. The van der Waals surface area contributed by atoms with E-state index in [4.69, 9.17) is 5.26 Å². The third kappa shape index (κ3) is 3.63. The smallest absolute Gasteiger partial charge is 0.255 e. The van der Waals surface area contributed by atoms with Crippen molar-refractivity contribution in [2.45, 2.75) is 25.3 Å². The predicted molar refractivity (Wildman–Crippen MR) is 110 cm³/mol. The van der Waals surface area contributed by atoms with Gasteiger partial charge in [0.25, 0.3) is 5.91 Å². The summed E-state index contributed by atoms with van der Waals surface area (Å²) in [5, 5.41) is 16.2. The number of H-pyrrole nitrogens is 1. The van der Waals surface area contributed by atoms with E-state index >= 15 is 0 Å². The molecule has 0 unspecified atom stereocenters. The number of hydrogen-bond acceptors (Lipinski definition) is 6. The number of hydrogen-bond donors (Lipinski definition) is 2. The van der Waals surface area contributed by atoms with Crippen LogP contribution in [0.25, 0.3) is 22.4 Å². The Morgan fingerprint density at radius 3 is 2.84 bits per heavy atom. The van der Waals surface area contributed by atoms with Crippen LogP contribution in [0, 0.1) is 23.2 Å². The molecule has 0 bridgehead atoms. The van der Waals surface area contributed by atoms with Crippen molar-refractivity contribution in [2.24, 2.45) is 18.9 Å². The monoisotopic (exact) mass is 418 g/mol. The van der Waals surface area contributed by atoms with E-state index in [9.17, 15) is 9.59 Å². The van der Waals surface area contributed by atoms with E-state index in [1.165, 1.54) is 0 Å². The van der Waals surface area contributed by atoms with Gasteiger partial charge in [0.1, 0.15) is 11.6 Å². The maximum Gasteiger partial charge on any atom is 0.255 e. The largest absolute Gasteiger partial charge is 0.344 e. The van der Waals surface area contributed by atoms with Crippen LogP contribution in [0.15, 0.2) is 24.8 Å². The van der Waals surface area contributed by atoms with E-state index < -0.39 is 6.04 Å². The highest BCUT2D eigenvalue weighted by Crippen LogP contribution is 2.34. The van der Waals surface area contributed by atoms with E-state index in [-0.39, 0.29) is 23.7 Å². The molecule has 158 valence electrons. The fourth-order valence-electron chi connectivity index (χ4n) is 4.05. The van der Waals surface area contributed by atoms with Crippen molar-refractivity contribution in [1.29, 1.82) is 5.26 Å².